The molecule has 0 aliphatic carbocycles. The van der Waals surface area contributed by atoms with Crippen molar-refractivity contribution in [1.29, 1.82) is 0 Å². The van der Waals surface area contributed by atoms with E-state index in [-0.39, 0.29) is 13.2 Å². The van der Waals surface area contributed by atoms with E-state index in [0.29, 0.717) is 50.6 Å². The molecule has 0 unspecified atom stereocenters. The number of hydrogen-bond acceptors (Lipinski definition) is 9. The Balaban J connectivity index is 2.06. The van der Waals surface area contributed by atoms with Crippen LogP contribution in [0, 0.1) is 0 Å². The molecule has 0 spiro atoms. The normalized spacial score (nSPS) is 13.6. The first-order valence-corrected chi connectivity index (χ1v) is 16.3. The third-order valence-corrected chi connectivity index (χ3v) is 8.13. The van der Waals surface area contributed by atoms with Crippen LogP contribution in [0.15, 0.2) is 54.6 Å². The van der Waals surface area contributed by atoms with Gasteiger partial charge in [-0.05, 0) is 171 Å². The van der Waals surface area contributed by atoms with Gasteiger partial charge in [-0.25, -0.2) is 0 Å². The van der Waals surface area contributed by atoms with Crippen molar-refractivity contribution in [3.8, 4) is 17.2 Å². The lowest BCUT2D eigenvalue weighted by Gasteiger charge is -2.28. The van der Waals surface area contributed by atoms with Crippen molar-refractivity contribution < 1.29 is 44.8 Å². The first kappa shape index (κ1) is 39.3. The van der Waals surface area contributed by atoms with Gasteiger partial charge in [-0.3, -0.25) is 0 Å². The molecular formula is C39H56O9. The van der Waals surface area contributed by atoms with Gasteiger partial charge >= 0.3 is 0 Å². The summed E-state index contributed by atoms with van der Waals surface area (Å²) in [7, 11) is 0. The summed E-state index contributed by atoms with van der Waals surface area (Å²) in [6.45, 7) is 19.7. The molecule has 0 bridgehead atoms. The van der Waals surface area contributed by atoms with Crippen LogP contribution >= 0.6 is 0 Å². The van der Waals surface area contributed by atoms with E-state index in [4.69, 9.17) is 14.2 Å². The molecule has 0 atom stereocenters. The Bertz CT molecular complexity index is 1370. The Labute approximate surface area is 285 Å². The SMILES string of the molecule is CC(C)(O)c1cc(OCC(COc2cc(C(C)(C)O)cc(C(C)(C)O)c2)Oc2cc(C(C)(C)O)cc(C(C)(C)O)c2)cc(C(C)(C)O)c1. The van der Waals surface area contributed by atoms with E-state index in [1.807, 2.05) is 0 Å². The fourth-order valence-corrected chi connectivity index (χ4v) is 4.84. The van der Waals surface area contributed by atoms with Crippen LogP contribution in [0.4, 0.5) is 0 Å². The van der Waals surface area contributed by atoms with Crippen molar-refractivity contribution in [3.63, 3.8) is 0 Å². The maximum Gasteiger partial charge on any atom is 0.166 e. The average molecular weight is 669 g/mol. The number of aliphatic hydroxyl groups is 6. The van der Waals surface area contributed by atoms with Gasteiger partial charge in [-0.2, -0.15) is 0 Å². The van der Waals surface area contributed by atoms with Gasteiger partial charge in [0.2, 0.25) is 0 Å². The van der Waals surface area contributed by atoms with E-state index in [2.05, 4.69) is 0 Å². The van der Waals surface area contributed by atoms with Gasteiger partial charge in [0, 0.05) is 0 Å². The van der Waals surface area contributed by atoms with Crippen LogP contribution in [-0.4, -0.2) is 50.0 Å². The zero-order valence-electron chi connectivity index (χ0n) is 30.6. The Hall–Kier alpha value is -3.18. The van der Waals surface area contributed by atoms with Gasteiger partial charge in [0.15, 0.2) is 6.10 Å². The van der Waals surface area contributed by atoms with Gasteiger partial charge in [0.1, 0.15) is 30.5 Å². The van der Waals surface area contributed by atoms with Crippen LogP contribution in [0.5, 0.6) is 17.2 Å². The maximum atomic E-state index is 10.8. The maximum absolute atomic E-state index is 10.8. The zero-order valence-corrected chi connectivity index (χ0v) is 30.6. The highest BCUT2D eigenvalue weighted by Gasteiger charge is 2.28. The number of benzene rings is 3. The lowest BCUT2D eigenvalue weighted by Crippen LogP contribution is -2.32. The Morgan fingerprint density at radius 1 is 0.375 bits per heavy atom. The van der Waals surface area contributed by atoms with Gasteiger partial charge < -0.3 is 44.8 Å². The lowest BCUT2D eigenvalue weighted by molar-refractivity contribution is 0.0624. The topological polar surface area (TPSA) is 149 Å². The highest BCUT2D eigenvalue weighted by molar-refractivity contribution is 5.42. The molecule has 3 aromatic rings. The molecule has 0 fully saturated rings. The molecule has 3 rings (SSSR count). The van der Waals surface area contributed by atoms with Crippen LogP contribution in [0.3, 0.4) is 0 Å². The van der Waals surface area contributed by atoms with E-state index in [1.165, 1.54) is 0 Å². The van der Waals surface area contributed by atoms with E-state index in [9.17, 15) is 30.6 Å². The minimum atomic E-state index is -1.22. The van der Waals surface area contributed by atoms with Crippen molar-refractivity contribution in [2.24, 2.45) is 0 Å². The molecule has 0 aliphatic rings. The number of rotatable bonds is 14. The summed E-state index contributed by atoms with van der Waals surface area (Å²) in [4.78, 5) is 0. The number of ether oxygens (including phenoxy) is 3. The third-order valence-electron chi connectivity index (χ3n) is 8.13. The molecular weight excluding hydrogens is 612 g/mol. The van der Waals surface area contributed by atoms with E-state index in [0.717, 1.165) is 0 Å². The summed E-state index contributed by atoms with van der Waals surface area (Å²) in [5.74, 6) is 1.17. The van der Waals surface area contributed by atoms with Crippen LogP contribution in [-0.2, 0) is 33.6 Å². The molecule has 48 heavy (non-hydrogen) atoms. The second-order valence-corrected chi connectivity index (χ2v) is 16.0. The molecule has 3 aromatic carbocycles. The molecule has 9 nitrogen and oxygen atoms in total. The van der Waals surface area contributed by atoms with Gasteiger partial charge in [-0.1, -0.05) is 0 Å². The lowest BCUT2D eigenvalue weighted by atomic mass is 9.90. The first-order valence-electron chi connectivity index (χ1n) is 16.3. The standard InChI is InChI=1S/C39H56O9/c1-34(2,40)24-13-25(35(3,4)41)17-30(16-24)46-22-33(48-32-20-28(38(9,10)44)15-29(21-32)39(11,12)45)23-47-31-18-26(36(5,6)42)14-27(19-31)37(7,8)43/h13-21,33,40-45H,22-23H2,1-12H3. The Morgan fingerprint density at radius 2 is 0.583 bits per heavy atom. The second-order valence-electron chi connectivity index (χ2n) is 16.0. The minimum absolute atomic E-state index is 0.0330. The smallest absolute Gasteiger partial charge is 0.166 e. The quantitative estimate of drug-likeness (QED) is 0.122. The molecule has 0 saturated carbocycles. The Morgan fingerprint density at radius 3 is 0.792 bits per heavy atom. The van der Waals surface area contributed by atoms with Crippen LogP contribution in [0.25, 0.3) is 0 Å². The average Bonchev–Trinajstić information content (AvgIpc) is 2.91. The second kappa shape index (κ2) is 13.6. The van der Waals surface area contributed by atoms with Crippen LogP contribution in [0.2, 0.25) is 0 Å². The van der Waals surface area contributed by atoms with Crippen molar-refractivity contribution in [2.45, 2.75) is 123 Å². The molecule has 6 N–H and O–H groups in total. The monoisotopic (exact) mass is 668 g/mol. The summed E-state index contributed by atoms with van der Waals surface area (Å²) < 4.78 is 18.9. The van der Waals surface area contributed by atoms with E-state index < -0.39 is 39.7 Å². The van der Waals surface area contributed by atoms with E-state index >= 15 is 0 Å². The van der Waals surface area contributed by atoms with Crippen molar-refractivity contribution in [3.05, 3.63) is 88.0 Å². The minimum Gasteiger partial charge on any atom is -0.490 e. The van der Waals surface area contributed by atoms with Crippen LogP contribution < -0.4 is 14.2 Å². The molecule has 0 aliphatic heterocycles. The zero-order chi connectivity index (χ0) is 36.7. The largest absolute Gasteiger partial charge is 0.490 e. The van der Waals surface area contributed by atoms with Gasteiger partial charge in [-0.15, -0.1) is 0 Å². The van der Waals surface area contributed by atoms with Gasteiger partial charge in [0.25, 0.3) is 0 Å². The van der Waals surface area contributed by atoms with Crippen molar-refractivity contribution >= 4 is 0 Å². The number of hydrogen-bond donors (Lipinski definition) is 6. The van der Waals surface area contributed by atoms with Gasteiger partial charge in [0.05, 0.1) is 33.6 Å². The molecule has 0 radical (unpaired) electrons. The Kier molecular flexibility index (Phi) is 11.1. The highest BCUT2D eigenvalue weighted by atomic mass is 16.6. The van der Waals surface area contributed by atoms with E-state index in [1.54, 1.807) is 138 Å². The first-order chi connectivity index (χ1) is 21.5. The third kappa shape index (κ3) is 10.9. The summed E-state index contributed by atoms with van der Waals surface area (Å²) in [5, 5.41) is 64.8. The van der Waals surface area contributed by atoms with Crippen molar-refractivity contribution in [2.75, 3.05) is 13.2 Å². The van der Waals surface area contributed by atoms with Crippen molar-refractivity contribution in [1.82, 2.24) is 0 Å². The summed E-state index contributed by atoms with van der Waals surface area (Å²) in [5.41, 5.74) is -3.95. The predicted molar refractivity (Wildman–Crippen MR) is 186 cm³/mol. The molecule has 0 heterocycles. The molecule has 0 aromatic heterocycles. The summed E-state index contributed by atoms with van der Waals surface area (Å²) in [6.07, 6.45) is -0.760. The fourth-order valence-electron chi connectivity index (χ4n) is 4.84. The predicted octanol–water partition coefficient (Wildman–Crippen LogP) is 5.96. The molecule has 0 amide bonds. The van der Waals surface area contributed by atoms with Crippen LogP contribution in [0.1, 0.15) is 116 Å². The summed E-state index contributed by atoms with van der Waals surface area (Å²) in [6, 6.07) is 15.4. The summed E-state index contributed by atoms with van der Waals surface area (Å²) >= 11 is 0. The highest BCUT2D eigenvalue weighted by Crippen LogP contribution is 2.35. The molecule has 266 valence electrons. The fraction of sp³-hybridized carbons (Fsp3) is 0.538. The molecule has 9 heteroatoms. The molecule has 0 saturated heterocycles.